The lowest BCUT2D eigenvalue weighted by atomic mass is 10.1. The minimum Gasteiger partial charge on any atom is -0.481 e. The summed E-state index contributed by atoms with van der Waals surface area (Å²) in [6, 6.07) is 0. The Morgan fingerprint density at radius 3 is 2.25 bits per heavy atom. The maximum absolute atomic E-state index is 10.1. The lowest BCUT2D eigenvalue weighted by molar-refractivity contribution is -0.137. The van der Waals surface area contributed by atoms with Gasteiger partial charge in [0.25, 0.3) is 0 Å². The summed E-state index contributed by atoms with van der Waals surface area (Å²) in [5.41, 5.74) is 0. The van der Waals surface area contributed by atoms with Crippen LogP contribution in [0.5, 0.6) is 0 Å². The molecule has 0 radical (unpaired) electrons. The van der Waals surface area contributed by atoms with Gasteiger partial charge >= 0.3 is 5.97 Å². The van der Waals surface area contributed by atoms with Crippen molar-refractivity contribution in [2.24, 2.45) is 0 Å². The number of carbonyl (C=O) groups is 1. The molecule has 0 spiro atoms. The molecule has 0 aliphatic rings. The molecular formula is C8H16O4. The molecule has 0 saturated carbocycles. The van der Waals surface area contributed by atoms with E-state index in [9.17, 15) is 9.90 Å². The van der Waals surface area contributed by atoms with Crippen LogP contribution in [0.25, 0.3) is 0 Å². The van der Waals surface area contributed by atoms with Crippen molar-refractivity contribution in [2.75, 3.05) is 0 Å². The van der Waals surface area contributed by atoms with Crippen LogP contribution in [0.15, 0.2) is 0 Å². The second-order valence-electron chi connectivity index (χ2n) is 3.01. The molecule has 0 bridgehead atoms. The molecule has 3 N–H and O–H groups in total. The summed E-state index contributed by atoms with van der Waals surface area (Å²) in [7, 11) is 0. The fourth-order valence-corrected chi connectivity index (χ4v) is 0.868. The van der Waals surface area contributed by atoms with Crippen LogP contribution in [0.2, 0.25) is 0 Å². The molecule has 2 atom stereocenters. The number of rotatable bonds is 6. The smallest absolute Gasteiger partial charge is 0.303 e. The highest BCUT2D eigenvalue weighted by molar-refractivity contribution is 5.66. The number of aliphatic hydroxyl groups is 2. The van der Waals surface area contributed by atoms with E-state index in [0.717, 1.165) is 0 Å². The minimum atomic E-state index is -0.897. The predicted octanol–water partition coefficient (Wildman–Crippen LogP) is 0.373. The van der Waals surface area contributed by atoms with Gasteiger partial charge in [0.15, 0.2) is 0 Å². The van der Waals surface area contributed by atoms with Crippen molar-refractivity contribution >= 4 is 5.97 Å². The Morgan fingerprint density at radius 2 is 1.83 bits per heavy atom. The van der Waals surface area contributed by atoms with Crippen LogP contribution >= 0.6 is 0 Å². The van der Waals surface area contributed by atoms with E-state index in [2.05, 4.69) is 0 Å². The van der Waals surface area contributed by atoms with Crippen LogP contribution in [0.3, 0.4) is 0 Å². The van der Waals surface area contributed by atoms with E-state index in [4.69, 9.17) is 10.2 Å². The number of aliphatic hydroxyl groups excluding tert-OH is 2. The Kier molecular flexibility index (Phi) is 5.66. The fourth-order valence-electron chi connectivity index (χ4n) is 0.868. The van der Waals surface area contributed by atoms with Crippen LogP contribution in [0.1, 0.15) is 32.6 Å². The van der Waals surface area contributed by atoms with Gasteiger partial charge in [-0.15, -0.1) is 0 Å². The predicted molar refractivity (Wildman–Crippen MR) is 43.8 cm³/mol. The summed E-state index contributed by atoms with van der Waals surface area (Å²) in [5, 5.41) is 26.3. The van der Waals surface area contributed by atoms with Gasteiger partial charge in [-0.25, -0.2) is 0 Å². The lowest BCUT2D eigenvalue weighted by Gasteiger charge is -2.09. The molecule has 4 heteroatoms. The Bertz CT molecular complexity index is 133. The van der Waals surface area contributed by atoms with Crippen LogP contribution in [0, 0.1) is 0 Å². The van der Waals surface area contributed by atoms with E-state index in [1.54, 1.807) is 6.92 Å². The molecule has 12 heavy (non-hydrogen) atoms. The molecule has 0 aromatic carbocycles. The van der Waals surface area contributed by atoms with Crippen molar-refractivity contribution in [3.8, 4) is 0 Å². The third-order valence-electron chi connectivity index (χ3n) is 1.61. The summed E-state index contributed by atoms with van der Waals surface area (Å²) in [6.45, 7) is 1.64. The topological polar surface area (TPSA) is 77.8 Å². The SMILES string of the molecule is C[C@@H](O)CC[C@H](O)CCC(=O)O. The van der Waals surface area contributed by atoms with E-state index >= 15 is 0 Å². The molecule has 0 unspecified atom stereocenters. The van der Waals surface area contributed by atoms with Crippen molar-refractivity contribution in [3.05, 3.63) is 0 Å². The van der Waals surface area contributed by atoms with Crippen molar-refractivity contribution < 1.29 is 20.1 Å². The average molecular weight is 176 g/mol. The molecule has 4 nitrogen and oxygen atoms in total. The van der Waals surface area contributed by atoms with Gasteiger partial charge < -0.3 is 15.3 Å². The zero-order chi connectivity index (χ0) is 9.56. The average Bonchev–Trinajstić information content (AvgIpc) is 1.96. The third-order valence-corrected chi connectivity index (χ3v) is 1.61. The molecule has 0 aliphatic carbocycles. The van der Waals surface area contributed by atoms with E-state index in [1.165, 1.54) is 0 Å². The second kappa shape index (κ2) is 5.97. The van der Waals surface area contributed by atoms with Gasteiger partial charge in [-0.1, -0.05) is 0 Å². The molecule has 0 fully saturated rings. The van der Waals surface area contributed by atoms with Crippen molar-refractivity contribution in [1.29, 1.82) is 0 Å². The molecule has 0 aromatic heterocycles. The van der Waals surface area contributed by atoms with E-state index in [1.807, 2.05) is 0 Å². The zero-order valence-corrected chi connectivity index (χ0v) is 7.23. The zero-order valence-electron chi connectivity index (χ0n) is 7.23. The molecule has 0 heterocycles. The molecule has 0 aliphatic heterocycles. The summed E-state index contributed by atoms with van der Waals surface area (Å²) in [6.07, 6.45) is 0.203. The van der Waals surface area contributed by atoms with Gasteiger partial charge in [0.1, 0.15) is 0 Å². The van der Waals surface area contributed by atoms with Gasteiger partial charge in [-0.2, -0.15) is 0 Å². The molecule has 72 valence electrons. The van der Waals surface area contributed by atoms with Gasteiger partial charge in [0.05, 0.1) is 12.2 Å². The van der Waals surface area contributed by atoms with Crippen LogP contribution < -0.4 is 0 Å². The molecular weight excluding hydrogens is 160 g/mol. The number of carboxylic acids is 1. The monoisotopic (exact) mass is 176 g/mol. The second-order valence-corrected chi connectivity index (χ2v) is 3.01. The molecule has 0 aromatic rings. The number of aliphatic carboxylic acids is 1. The van der Waals surface area contributed by atoms with Crippen LogP contribution in [0.4, 0.5) is 0 Å². The third kappa shape index (κ3) is 7.50. The van der Waals surface area contributed by atoms with Gasteiger partial charge in [-0.05, 0) is 26.2 Å². The first-order valence-corrected chi connectivity index (χ1v) is 4.10. The number of hydrogen-bond donors (Lipinski definition) is 3. The van der Waals surface area contributed by atoms with Gasteiger partial charge in [0.2, 0.25) is 0 Å². The molecule has 0 saturated heterocycles. The van der Waals surface area contributed by atoms with Crippen molar-refractivity contribution in [1.82, 2.24) is 0 Å². The number of carboxylic acid groups (broad SMARTS) is 1. The minimum absolute atomic E-state index is 0.0129. The highest BCUT2D eigenvalue weighted by atomic mass is 16.4. The normalized spacial score (nSPS) is 15.6. The maximum atomic E-state index is 10.1. The Morgan fingerprint density at radius 1 is 1.25 bits per heavy atom. The maximum Gasteiger partial charge on any atom is 0.303 e. The fraction of sp³-hybridized carbons (Fsp3) is 0.875. The molecule has 0 amide bonds. The Hall–Kier alpha value is -0.610. The standard InChI is InChI=1S/C8H16O4/c1-6(9)2-3-7(10)4-5-8(11)12/h6-7,9-10H,2-5H2,1H3,(H,11,12)/t6-,7+/m1/s1. The van der Waals surface area contributed by atoms with Gasteiger partial charge in [-0.3, -0.25) is 4.79 Å². The summed E-state index contributed by atoms with van der Waals surface area (Å²) >= 11 is 0. The first-order chi connectivity index (χ1) is 5.52. The van der Waals surface area contributed by atoms with E-state index < -0.39 is 18.2 Å². The quantitative estimate of drug-likeness (QED) is 0.546. The summed E-state index contributed by atoms with van der Waals surface area (Å²) < 4.78 is 0. The van der Waals surface area contributed by atoms with E-state index in [-0.39, 0.29) is 12.8 Å². The highest BCUT2D eigenvalue weighted by Gasteiger charge is 2.08. The van der Waals surface area contributed by atoms with Crippen molar-refractivity contribution in [2.45, 2.75) is 44.8 Å². The van der Waals surface area contributed by atoms with Crippen LogP contribution in [-0.4, -0.2) is 33.5 Å². The van der Waals surface area contributed by atoms with Gasteiger partial charge in [0, 0.05) is 6.42 Å². The Balaban J connectivity index is 3.33. The van der Waals surface area contributed by atoms with Crippen LogP contribution in [-0.2, 0) is 4.79 Å². The summed E-state index contributed by atoms with van der Waals surface area (Å²) in [4.78, 5) is 10.1. The summed E-state index contributed by atoms with van der Waals surface area (Å²) in [5.74, 6) is -0.897. The highest BCUT2D eigenvalue weighted by Crippen LogP contribution is 2.06. The Labute approximate surface area is 71.8 Å². The van der Waals surface area contributed by atoms with E-state index in [0.29, 0.717) is 12.8 Å². The number of hydrogen-bond acceptors (Lipinski definition) is 3. The lowest BCUT2D eigenvalue weighted by Crippen LogP contribution is -2.12. The first kappa shape index (κ1) is 11.4. The molecule has 0 rings (SSSR count). The first-order valence-electron chi connectivity index (χ1n) is 4.10. The van der Waals surface area contributed by atoms with Crippen molar-refractivity contribution in [3.63, 3.8) is 0 Å². The largest absolute Gasteiger partial charge is 0.481 e.